The Morgan fingerprint density at radius 1 is 1.24 bits per heavy atom. The van der Waals surface area contributed by atoms with Crippen LogP contribution in [0, 0.1) is 5.92 Å². The Hall–Kier alpha value is -2.24. The summed E-state index contributed by atoms with van der Waals surface area (Å²) in [5, 5.41) is 9.58. The number of likely N-dealkylation sites (tertiary alicyclic amines) is 1. The molecule has 1 saturated heterocycles. The van der Waals surface area contributed by atoms with Gasteiger partial charge >= 0.3 is 6.03 Å². The first kappa shape index (κ1) is 19.1. The third kappa shape index (κ3) is 6.64. The molecule has 6 heteroatoms. The zero-order valence-electron chi connectivity index (χ0n) is 15.6. The number of guanidine groups is 1. The Morgan fingerprint density at radius 2 is 2.00 bits per heavy atom. The number of aliphatic imine (C=N–C) groups is 1. The number of rotatable bonds is 6. The summed E-state index contributed by atoms with van der Waals surface area (Å²) < 4.78 is 0. The first-order valence-electron chi connectivity index (χ1n) is 9.25. The zero-order chi connectivity index (χ0) is 18.1. The van der Waals surface area contributed by atoms with E-state index in [9.17, 15) is 4.79 Å². The van der Waals surface area contributed by atoms with Gasteiger partial charge in [-0.3, -0.25) is 0 Å². The average molecular weight is 345 g/mol. The van der Waals surface area contributed by atoms with Crippen molar-refractivity contribution in [3.8, 4) is 0 Å². The van der Waals surface area contributed by atoms with Crippen molar-refractivity contribution in [2.75, 3.05) is 31.5 Å². The van der Waals surface area contributed by atoms with Gasteiger partial charge in [0.15, 0.2) is 5.96 Å². The molecule has 1 aliphatic heterocycles. The molecule has 0 bridgehead atoms. The second kappa shape index (κ2) is 9.91. The largest absolute Gasteiger partial charge is 0.357 e. The topological polar surface area (TPSA) is 68.8 Å². The normalized spacial score (nSPS) is 14.7. The van der Waals surface area contributed by atoms with Crippen LogP contribution in [0.3, 0.4) is 0 Å². The smallest absolute Gasteiger partial charge is 0.321 e. The summed E-state index contributed by atoms with van der Waals surface area (Å²) in [4.78, 5) is 18.7. The Balaban J connectivity index is 1.94. The molecule has 1 heterocycles. The SMILES string of the molecule is CCNC(=NCc1cccc(NC(=O)N2CCCC2)c1)NCC(C)C. The number of hydrogen-bond acceptors (Lipinski definition) is 2. The molecule has 3 N–H and O–H groups in total. The van der Waals surface area contributed by atoms with E-state index in [1.54, 1.807) is 0 Å². The highest BCUT2D eigenvalue weighted by molar-refractivity contribution is 5.89. The maximum atomic E-state index is 12.2. The second-order valence-corrected chi connectivity index (χ2v) is 6.79. The number of anilines is 1. The second-order valence-electron chi connectivity index (χ2n) is 6.79. The molecular weight excluding hydrogens is 314 g/mol. The number of amides is 2. The van der Waals surface area contributed by atoms with E-state index in [2.05, 4.69) is 41.7 Å². The minimum absolute atomic E-state index is 0.00918. The summed E-state index contributed by atoms with van der Waals surface area (Å²) >= 11 is 0. The van der Waals surface area contributed by atoms with E-state index in [1.165, 1.54) is 0 Å². The van der Waals surface area contributed by atoms with Gasteiger partial charge in [0.1, 0.15) is 0 Å². The lowest BCUT2D eigenvalue weighted by Crippen LogP contribution is -2.39. The molecule has 6 nitrogen and oxygen atoms in total. The predicted octanol–water partition coefficient (Wildman–Crippen LogP) is 3.03. The number of carbonyl (C=O) groups excluding carboxylic acids is 1. The van der Waals surface area contributed by atoms with Crippen LogP contribution in [0.25, 0.3) is 0 Å². The maximum Gasteiger partial charge on any atom is 0.321 e. The van der Waals surface area contributed by atoms with Gasteiger partial charge in [-0.15, -0.1) is 0 Å². The Bertz CT molecular complexity index is 579. The van der Waals surface area contributed by atoms with E-state index in [0.717, 1.165) is 56.2 Å². The van der Waals surface area contributed by atoms with Crippen molar-refractivity contribution < 1.29 is 4.79 Å². The van der Waals surface area contributed by atoms with E-state index in [0.29, 0.717) is 12.5 Å². The van der Waals surface area contributed by atoms with Crippen molar-refractivity contribution in [1.29, 1.82) is 0 Å². The summed E-state index contributed by atoms with van der Waals surface area (Å²) in [6, 6.07) is 7.89. The van der Waals surface area contributed by atoms with Gasteiger partial charge in [0, 0.05) is 31.9 Å². The third-order valence-corrected chi connectivity index (χ3v) is 4.01. The van der Waals surface area contributed by atoms with Crippen LogP contribution in [0.1, 0.15) is 39.2 Å². The molecule has 1 aromatic carbocycles. The van der Waals surface area contributed by atoms with Crippen LogP contribution >= 0.6 is 0 Å². The van der Waals surface area contributed by atoms with Crippen LogP contribution in [0.4, 0.5) is 10.5 Å². The van der Waals surface area contributed by atoms with Crippen LogP contribution in [0.5, 0.6) is 0 Å². The van der Waals surface area contributed by atoms with E-state index in [-0.39, 0.29) is 6.03 Å². The molecule has 0 aromatic heterocycles. The molecule has 2 rings (SSSR count). The summed E-state index contributed by atoms with van der Waals surface area (Å²) in [6.45, 7) is 10.4. The maximum absolute atomic E-state index is 12.2. The highest BCUT2D eigenvalue weighted by atomic mass is 16.2. The number of hydrogen-bond donors (Lipinski definition) is 3. The van der Waals surface area contributed by atoms with Crippen molar-refractivity contribution in [2.45, 2.75) is 40.2 Å². The molecule has 25 heavy (non-hydrogen) atoms. The van der Waals surface area contributed by atoms with Crippen molar-refractivity contribution >= 4 is 17.7 Å². The summed E-state index contributed by atoms with van der Waals surface area (Å²) in [7, 11) is 0. The van der Waals surface area contributed by atoms with Crippen molar-refractivity contribution in [3.63, 3.8) is 0 Å². The molecule has 0 spiro atoms. The van der Waals surface area contributed by atoms with E-state index in [4.69, 9.17) is 0 Å². The molecule has 0 saturated carbocycles. The molecule has 0 radical (unpaired) electrons. The van der Waals surface area contributed by atoms with Crippen LogP contribution in [0.15, 0.2) is 29.3 Å². The van der Waals surface area contributed by atoms with Gasteiger partial charge in [0.05, 0.1) is 6.54 Å². The monoisotopic (exact) mass is 345 g/mol. The number of urea groups is 1. The lowest BCUT2D eigenvalue weighted by molar-refractivity contribution is 0.222. The van der Waals surface area contributed by atoms with E-state index < -0.39 is 0 Å². The molecule has 0 unspecified atom stereocenters. The van der Waals surface area contributed by atoms with Crippen LogP contribution in [0.2, 0.25) is 0 Å². The fourth-order valence-corrected chi connectivity index (χ4v) is 2.68. The minimum Gasteiger partial charge on any atom is -0.357 e. The molecule has 1 aromatic rings. The van der Waals surface area contributed by atoms with Crippen LogP contribution < -0.4 is 16.0 Å². The average Bonchev–Trinajstić information content (AvgIpc) is 3.12. The van der Waals surface area contributed by atoms with Crippen LogP contribution in [-0.4, -0.2) is 43.1 Å². The molecule has 1 fully saturated rings. The quantitative estimate of drug-likeness (QED) is 0.548. The van der Waals surface area contributed by atoms with Crippen molar-refractivity contribution in [3.05, 3.63) is 29.8 Å². The van der Waals surface area contributed by atoms with Crippen molar-refractivity contribution in [2.24, 2.45) is 10.9 Å². The van der Waals surface area contributed by atoms with Crippen molar-refractivity contribution in [1.82, 2.24) is 15.5 Å². The van der Waals surface area contributed by atoms with Crippen LogP contribution in [-0.2, 0) is 6.54 Å². The van der Waals surface area contributed by atoms with Gasteiger partial charge in [0.2, 0.25) is 0 Å². The third-order valence-electron chi connectivity index (χ3n) is 4.01. The molecule has 138 valence electrons. The molecule has 1 aliphatic rings. The lowest BCUT2D eigenvalue weighted by Gasteiger charge is -2.16. The highest BCUT2D eigenvalue weighted by Gasteiger charge is 2.17. The van der Waals surface area contributed by atoms with Gasteiger partial charge in [0.25, 0.3) is 0 Å². The lowest BCUT2D eigenvalue weighted by atomic mass is 10.2. The summed E-state index contributed by atoms with van der Waals surface area (Å²) in [5.41, 5.74) is 1.89. The number of nitrogens with one attached hydrogen (secondary N) is 3. The van der Waals surface area contributed by atoms with Gasteiger partial charge in [-0.1, -0.05) is 26.0 Å². The molecule has 0 aliphatic carbocycles. The van der Waals surface area contributed by atoms with Gasteiger partial charge < -0.3 is 20.9 Å². The van der Waals surface area contributed by atoms with E-state index in [1.807, 2.05) is 29.2 Å². The number of benzene rings is 1. The van der Waals surface area contributed by atoms with Gasteiger partial charge in [-0.2, -0.15) is 0 Å². The predicted molar refractivity (Wildman–Crippen MR) is 104 cm³/mol. The first-order valence-corrected chi connectivity index (χ1v) is 9.25. The van der Waals surface area contributed by atoms with Gasteiger partial charge in [-0.05, 0) is 43.4 Å². The van der Waals surface area contributed by atoms with E-state index >= 15 is 0 Å². The fraction of sp³-hybridized carbons (Fsp3) is 0.579. The van der Waals surface area contributed by atoms with Gasteiger partial charge in [-0.25, -0.2) is 9.79 Å². The Labute approximate surface area is 151 Å². The fourth-order valence-electron chi connectivity index (χ4n) is 2.68. The summed E-state index contributed by atoms with van der Waals surface area (Å²) in [5.74, 6) is 1.38. The molecule has 2 amide bonds. The first-order chi connectivity index (χ1) is 12.1. The highest BCUT2D eigenvalue weighted by Crippen LogP contribution is 2.14. The minimum atomic E-state index is -0.00918. The molecule has 0 atom stereocenters. The Morgan fingerprint density at radius 3 is 2.68 bits per heavy atom. The standard InChI is InChI=1S/C19H31N5O/c1-4-20-18(21-13-15(2)3)22-14-16-8-7-9-17(12-16)23-19(25)24-10-5-6-11-24/h7-9,12,15H,4-6,10-11,13-14H2,1-3H3,(H,23,25)(H2,20,21,22). The molecular formula is C19H31N5O. The summed E-state index contributed by atoms with van der Waals surface area (Å²) in [6.07, 6.45) is 2.19. The number of carbonyl (C=O) groups is 1. The number of nitrogens with zero attached hydrogens (tertiary/aromatic N) is 2. The Kier molecular flexibility index (Phi) is 7.57. The zero-order valence-corrected chi connectivity index (χ0v) is 15.6.